The van der Waals surface area contributed by atoms with Crippen molar-refractivity contribution >= 4 is 33.9 Å². The predicted molar refractivity (Wildman–Crippen MR) is 109 cm³/mol. The fourth-order valence-electron chi connectivity index (χ4n) is 3.40. The Morgan fingerprint density at radius 3 is 1.89 bits per heavy atom. The zero-order chi connectivity index (χ0) is 19.7. The van der Waals surface area contributed by atoms with Crippen LogP contribution in [0.2, 0.25) is 0 Å². The molecule has 0 spiro atoms. The second kappa shape index (κ2) is 7.72. The zero-order valence-corrected chi connectivity index (χ0v) is 16.0. The van der Waals surface area contributed by atoms with Crippen molar-refractivity contribution in [1.29, 1.82) is 0 Å². The van der Waals surface area contributed by atoms with Gasteiger partial charge >= 0.3 is 0 Å². The molecule has 28 heavy (non-hydrogen) atoms. The molecule has 1 aliphatic rings. The molecule has 0 amide bonds. The van der Waals surface area contributed by atoms with Gasteiger partial charge < -0.3 is 4.74 Å². The Balaban J connectivity index is 1.94. The minimum Gasteiger partial charge on any atom is -0.457 e. The molecular formula is C19H16N2O5S2. The van der Waals surface area contributed by atoms with Crippen molar-refractivity contribution in [1.82, 2.24) is 0 Å². The molecule has 0 aromatic heterocycles. The minimum atomic E-state index is -2.28. The van der Waals surface area contributed by atoms with Gasteiger partial charge in [0.2, 0.25) is 0 Å². The third-order valence-electron chi connectivity index (χ3n) is 4.44. The van der Waals surface area contributed by atoms with Gasteiger partial charge in [-0.25, -0.2) is 8.42 Å². The van der Waals surface area contributed by atoms with Crippen LogP contribution in [0.5, 0.6) is 11.5 Å². The van der Waals surface area contributed by atoms with E-state index in [1.807, 2.05) is 48.5 Å². The van der Waals surface area contributed by atoms with Gasteiger partial charge in [-0.2, -0.15) is 0 Å². The van der Waals surface area contributed by atoms with Gasteiger partial charge in [-0.15, -0.1) is 0 Å². The largest absolute Gasteiger partial charge is 0.457 e. The number of rotatable bonds is 5. The molecular weight excluding hydrogens is 400 g/mol. The van der Waals surface area contributed by atoms with E-state index in [9.17, 15) is 17.5 Å². The van der Waals surface area contributed by atoms with Crippen molar-refractivity contribution in [3.05, 3.63) is 83.4 Å². The highest BCUT2D eigenvalue weighted by Crippen LogP contribution is 2.49. The molecule has 2 atom stereocenters. The fraction of sp³-hybridized carbons (Fsp3) is 0.0526. The maximum absolute atomic E-state index is 11.4. The molecule has 0 fully saturated rings. The lowest BCUT2D eigenvalue weighted by Crippen LogP contribution is -2.15. The smallest absolute Gasteiger partial charge is 0.259 e. The summed E-state index contributed by atoms with van der Waals surface area (Å²) >= 11 is -4.52. The molecule has 4 N–H and O–H groups in total. The summed E-state index contributed by atoms with van der Waals surface area (Å²) in [5, 5.41) is 0. The van der Waals surface area contributed by atoms with Crippen molar-refractivity contribution in [3.63, 3.8) is 0 Å². The van der Waals surface area contributed by atoms with E-state index in [0.29, 0.717) is 28.4 Å². The Bertz CT molecular complexity index is 1040. The predicted octanol–water partition coefficient (Wildman–Crippen LogP) is 4.07. The van der Waals surface area contributed by atoms with Crippen LogP contribution in [0.1, 0.15) is 22.6 Å². The van der Waals surface area contributed by atoms with Crippen molar-refractivity contribution < 1.29 is 22.3 Å². The van der Waals surface area contributed by atoms with E-state index in [1.165, 1.54) is 0 Å². The highest BCUT2D eigenvalue weighted by molar-refractivity contribution is 7.80. The molecule has 1 aliphatic heterocycles. The third-order valence-corrected chi connectivity index (χ3v) is 5.25. The molecule has 3 aromatic carbocycles. The highest BCUT2D eigenvalue weighted by Gasteiger charge is 2.30. The number of nitrogens with one attached hydrogen (secondary N) is 2. The van der Waals surface area contributed by atoms with E-state index in [-0.39, 0.29) is 5.92 Å². The number of para-hydroxylation sites is 2. The summed E-state index contributed by atoms with van der Waals surface area (Å²) in [4.78, 5) is 0. The first-order valence-electron chi connectivity index (χ1n) is 8.27. The number of anilines is 2. The molecule has 0 saturated heterocycles. The molecule has 7 nitrogen and oxygen atoms in total. The first-order chi connectivity index (χ1) is 13.5. The molecule has 0 saturated carbocycles. The van der Waals surface area contributed by atoms with Crippen LogP contribution in [0, 0.1) is 0 Å². The van der Waals surface area contributed by atoms with Crippen LogP contribution >= 0.6 is 0 Å². The van der Waals surface area contributed by atoms with Gasteiger partial charge in [0.15, 0.2) is 0 Å². The standard InChI is InChI=1S/C19H16N2O5S2/c22-27(23)20-12-9-10-16(21-28(24)25)15(11-12)19-13-5-1-3-7-17(13)26-18-8-4-2-6-14(18)19/h1-11,19-21H,(H,22,23)(H,24,25). The average molecular weight is 416 g/mol. The second-order valence-corrected chi connectivity index (χ2v) is 7.52. The zero-order valence-electron chi connectivity index (χ0n) is 14.4. The van der Waals surface area contributed by atoms with Gasteiger partial charge in [0, 0.05) is 22.7 Å². The molecule has 1 heterocycles. The quantitative estimate of drug-likeness (QED) is 0.367. The van der Waals surface area contributed by atoms with Crippen LogP contribution in [0.15, 0.2) is 66.7 Å². The second-order valence-electron chi connectivity index (χ2n) is 6.12. The van der Waals surface area contributed by atoms with E-state index in [4.69, 9.17) is 4.74 Å². The molecule has 144 valence electrons. The Morgan fingerprint density at radius 2 is 1.32 bits per heavy atom. The van der Waals surface area contributed by atoms with Crippen LogP contribution in [0.3, 0.4) is 0 Å². The van der Waals surface area contributed by atoms with Gasteiger partial charge in [0.25, 0.3) is 22.5 Å². The number of ether oxygens (including phenoxy) is 1. The van der Waals surface area contributed by atoms with Crippen molar-refractivity contribution in [2.45, 2.75) is 5.92 Å². The average Bonchev–Trinajstić information content (AvgIpc) is 2.66. The summed E-state index contributed by atoms with van der Waals surface area (Å²) in [6.45, 7) is 0. The summed E-state index contributed by atoms with van der Waals surface area (Å²) in [6, 6.07) is 20.0. The van der Waals surface area contributed by atoms with E-state index in [2.05, 4.69) is 9.44 Å². The number of hydrogen-bond donors (Lipinski definition) is 4. The molecule has 0 aliphatic carbocycles. The highest BCUT2D eigenvalue weighted by atomic mass is 32.2. The first-order valence-corrected chi connectivity index (χ1v) is 10.5. The summed E-state index contributed by atoms with van der Waals surface area (Å²) in [5.74, 6) is 1.07. The lowest BCUT2D eigenvalue weighted by atomic mass is 9.82. The first kappa shape index (κ1) is 18.6. The maximum Gasteiger partial charge on any atom is 0.259 e. The van der Waals surface area contributed by atoms with E-state index < -0.39 is 22.5 Å². The number of fused-ring (bicyclic) bond motifs is 2. The molecule has 0 bridgehead atoms. The van der Waals surface area contributed by atoms with Gasteiger partial charge in [-0.05, 0) is 35.9 Å². The van der Waals surface area contributed by atoms with Crippen LogP contribution in [0.25, 0.3) is 0 Å². The number of benzene rings is 3. The van der Waals surface area contributed by atoms with Crippen LogP contribution in [-0.2, 0) is 22.5 Å². The van der Waals surface area contributed by atoms with Gasteiger partial charge in [0.05, 0.1) is 5.69 Å². The maximum atomic E-state index is 11.4. The topological polar surface area (TPSA) is 108 Å². The van der Waals surface area contributed by atoms with Crippen LogP contribution < -0.4 is 14.2 Å². The SMILES string of the molecule is O=S(O)Nc1ccc(NS(=O)O)c(C2c3ccccc3Oc3ccccc32)c1. The molecule has 0 radical (unpaired) electrons. The van der Waals surface area contributed by atoms with Crippen LogP contribution in [-0.4, -0.2) is 17.5 Å². The normalized spacial score (nSPS) is 14.9. The minimum absolute atomic E-state index is 0.305. The molecule has 4 rings (SSSR count). The Hall–Kier alpha value is -2.72. The van der Waals surface area contributed by atoms with Crippen molar-refractivity contribution in [3.8, 4) is 11.5 Å². The molecule has 3 aromatic rings. The molecule has 9 heteroatoms. The summed E-state index contributed by atoms with van der Waals surface area (Å²) < 4.78 is 52.1. The number of hydrogen-bond acceptors (Lipinski definition) is 3. The lowest BCUT2D eigenvalue weighted by Gasteiger charge is -2.30. The third kappa shape index (κ3) is 3.65. The van der Waals surface area contributed by atoms with Crippen molar-refractivity contribution in [2.75, 3.05) is 9.44 Å². The lowest BCUT2D eigenvalue weighted by molar-refractivity contribution is 0.453. The summed E-state index contributed by atoms with van der Waals surface area (Å²) in [5.41, 5.74) is 3.28. The Labute approximate surface area is 166 Å². The molecule has 2 unspecified atom stereocenters. The summed E-state index contributed by atoms with van der Waals surface area (Å²) in [6.07, 6.45) is 0. The van der Waals surface area contributed by atoms with E-state index >= 15 is 0 Å². The van der Waals surface area contributed by atoms with Gasteiger partial charge in [-0.3, -0.25) is 18.5 Å². The summed E-state index contributed by atoms with van der Waals surface area (Å²) in [7, 11) is 0. The van der Waals surface area contributed by atoms with E-state index in [0.717, 1.165) is 11.1 Å². The Kier molecular flexibility index (Phi) is 5.14. The van der Waals surface area contributed by atoms with E-state index in [1.54, 1.807) is 18.2 Å². The Morgan fingerprint density at radius 1 is 0.750 bits per heavy atom. The van der Waals surface area contributed by atoms with Crippen LogP contribution in [0.4, 0.5) is 11.4 Å². The fourth-order valence-corrected chi connectivity index (χ4v) is 4.10. The van der Waals surface area contributed by atoms with Gasteiger partial charge in [-0.1, -0.05) is 36.4 Å². The monoisotopic (exact) mass is 416 g/mol. The van der Waals surface area contributed by atoms with Crippen molar-refractivity contribution in [2.24, 2.45) is 0 Å². The van der Waals surface area contributed by atoms with Gasteiger partial charge in [0.1, 0.15) is 11.5 Å².